The normalized spacial score (nSPS) is 11.2. The van der Waals surface area contributed by atoms with Crippen LogP contribution >= 0.6 is 11.3 Å². The van der Waals surface area contributed by atoms with E-state index in [9.17, 15) is 13.2 Å². The van der Waals surface area contributed by atoms with Crippen LogP contribution in [0, 0.1) is 6.92 Å². The maximum Gasteiger partial charge on any atom is 0.261 e. The molecule has 0 aliphatic rings. The highest BCUT2D eigenvalue weighted by molar-refractivity contribution is 7.91. The molecule has 0 saturated carbocycles. The van der Waals surface area contributed by atoms with E-state index in [0.29, 0.717) is 16.3 Å². The number of amides is 1. The molecule has 3 N–H and O–H groups in total. The molecule has 7 nitrogen and oxygen atoms in total. The molecular weight excluding hydrogens is 326 g/mol. The third-order valence-corrected chi connectivity index (χ3v) is 5.52. The van der Waals surface area contributed by atoms with E-state index < -0.39 is 10.0 Å². The lowest BCUT2D eigenvalue weighted by Gasteiger charge is -2.08. The molecule has 2 rings (SSSR count). The lowest BCUT2D eigenvalue weighted by molar-refractivity contribution is 0.0954. The van der Waals surface area contributed by atoms with E-state index >= 15 is 0 Å². The molecule has 2 heterocycles. The zero-order chi connectivity index (χ0) is 16.3. The highest BCUT2D eigenvalue weighted by atomic mass is 32.2. The van der Waals surface area contributed by atoms with Crippen molar-refractivity contribution < 1.29 is 17.9 Å². The number of thiophene rings is 1. The zero-order valence-corrected chi connectivity index (χ0v) is 13.6. The van der Waals surface area contributed by atoms with Crippen LogP contribution in [0.5, 0.6) is 5.88 Å². The lowest BCUT2D eigenvalue weighted by Crippen LogP contribution is -2.22. The summed E-state index contributed by atoms with van der Waals surface area (Å²) < 4.78 is 27.7. The van der Waals surface area contributed by atoms with E-state index in [1.165, 1.54) is 13.2 Å². The lowest BCUT2D eigenvalue weighted by atomic mass is 10.2. The van der Waals surface area contributed by atoms with E-state index in [0.717, 1.165) is 16.9 Å². The predicted molar refractivity (Wildman–Crippen MR) is 82.4 cm³/mol. The highest BCUT2D eigenvalue weighted by Crippen LogP contribution is 2.25. The smallest absolute Gasteiger partial charge is 0.261 e. The minimum Gasteiger partial charge on any atom is -0.481 e. The minimum absolute atomic E-state index is 0.0332. The van der Waals surface area contributed by atoms with Crippen LogP contribution in [0.4, 0.5) is 0 Å². The van der Waals surface area contributed by atoms with Gasteiger partial charge in [-0.25, -0.2) is 18.5 Å². The Hall–Kier alpha value is -1.97. The molecule has 0 unspecified atom stereocenters. The molecule has 0 aliphatic heterocycles. The molecule has 9 heteroatoms. The number of sulfonamides is 1. The standard InChI is InChI=1S/C13H15N3O4S2/c1-8-6-10(22(14,18)19)21-11(8)12(17)16-7-9-4-3-5-15-13(9)20-2/h3-6H,7H2,1-2H3,(H,16,17)(H2,14,18,19). The monoisotopic (exact) mass is 341 g/mol. The Morgan fingerprint density at radius 2 is 2.23 bits per heavy atom. The number of hydrogen-bond acceptors (Lipinski definition) is 6. The Balaban J connectivity index is 2.15. The summed E-state index contributed by atoms with van der Waals surface area (Å²) in [5.74, 6) is 0.0548. The number of nitrogens with zero attached hydrogens (tertiary/aromatic N) is 1. The molecule has 0 bridgehead atoms. The molecule has 0 atom stereocenters. The molecule has 0 radical (unpaired) electrons. The van der Waals surface area contributed by atoms with Crippen molar-refractivity contribution in [1.82, 2.24) is 10.3 Å². The number of methoxy groups -OCH3 is 1. The summed E-state index contributed by atoms with van der Waals surface area (Å²) >= 11 is 0.848. The van der Waals surface area contributed by atoms with Gasteiger partial charge in [-0.2, -0.15) is 0 Å². The van der Waals surface area contributed by atoms with Gasteiger partial charge in [0, 0.05) is 18.3 Å². The minimum atomic E-state index is -3.81. The van der Waals surface area contributed by atoms with Crippen molar-refractivity contribution in [3.05, 3.63) is 40.4 Å². The Morgan fingerprint density at radius 1 is 1.50 bits per heavy atom. The van der Waals surface area contributed by atoms with Crippen molar-refractivity contribution in [2.75, 3.05) is 7.11 Å². The molecular formula is C13H15N3O4S2. The Labute approximate surface area is 132 Å². The van der Waals surface area contributed by atoms with Gasteiger partial charge in [0.1, 0.15) is 4.21 Å². The Kier molecular flexibility index (Phi) is 4.79. The first-order valence-corrected chi connectivity index (χ1v) is 8.58. The number of pyridine rings is 1. The summed E-state index contributed by atoms with van der Waals surface area (Å²) in [4.78, 5) is 16.5. The fourth-order valence-electron chi connectivity index (χ4n) is 1.82. The van der Waals surface area contributed by atoms with Crippen LogP contribution in [-0.4, -0.2) is 26.4 Å². The first-order valence-electron chi connectivity index (χ1n) is 6.22. The van der Waals surface area contributed by atoms with E-state index in [1.54, 1.807) is 25.3 Å². The van der Waals surface area contributed by atoms with Crippen molar-refractivity contribution in [2.45, 2.75) is 17.7 Å². The second kappa shape index (κ2) is 6.42. The average molecular weight is 341 g/mol. The predicted octanol–water partition coefficient (Wildman–Crippen LogP) is 1.04. The molecule has 2 aromatic heterocycles. The van der Waals surface area contributed by atoms with Crippen LogP contribution in [0.3, 0.4) is 0 Å². The number of rotatable bonds is 5. The van der Waals surface area contributed by atoms with Crippen LogP contribution in [0.2, 0.25) is 0 Å². The molecule has 22 heavy (non-hydrogen) atoms. The second-order valence-corrected chi connectivity index (χ2v) is 7.32. The molecule has 2 aromatic rings. The fraction of sp³-hybridized carbons (Fsp3) is 0.231. The number of carbonyl (C=O) groups excluding carboxylic acids is 1. The number of primary sulfonamides is 1. The topological polar surface area (TPSA) is 111 Å². The van der Waals surface area contributed by atoms with Crippen molar-refractivity contribution >= 4 is 27.3 Å². The molecule has 118 valence electrons. The van der Waals surface area contributed by atoms with Crippen molar-refractivity contribution in [3.63, 3.8) is 0 Å². The van der Waals surface area contributed by atoms with Crippen LogP contribution < -0.4 is 15.2 Å². The average Bonchev–Trinajstić information content (AvgIpc) is 2.87. The maximum atomic E-state index is 12.2. The summed E-state index contributed by atoms with van der Waals surface area (Å²) in [5, 5.41) is 7.78. The number of nitrogens with one attached hydrogen (secondary N) is 1. The second-order valence-electron chi connectivity index (χ2n) is 4.48. The first kappa shape index (κ1) is 16.4. The number of hydrogen-bond donors (Lipinski definition) is 2. The van der Waals surface area contributed by atoms with E-state index in [1.807, 2.05) is 0 Å². The fourth-order valence-corrected chi connectivity index (χ4v) is 3.69. The highest BCUT2D eigenvalue weighted by Gasteiger charge is 2.19. The molecule has 0 aliphatic carbocycles. The van der Waals surface area contributed by atoms with Gasteiger partial charge in [-0.3, -0.25) is 4.79 Å². The van der Waals surface area contributed by atoms with Crippen LogP contribution in [0.15, 0.2) is 28.6 Å². The molecule has 0 aromatic carbocycles. The third kappa shape index (κ3) is 3.62. The molecule has 1 amide bonds. The third-order valence-electron chi connectivity index (χ3n) is 2.86. The number of nitrogens with two attached hydrogens (primary N) is 1. The number of aromatic nitrogens is 1. The van der Waals surface area contributed by atoms with Crippen LogP contribution in [0.25, 0.3) is 0 Å². The van der Waals surface area contributed by atoms with Gasteiger partial charge in [0.2, 0.25) is 15.9 Å². The summed E-state index contributed by atoms with van der Waals surface area (Å²) in [5.41, 5.74) is 1.28. The number of carbonyl (C=O) groups is 1. The maximum absolute atomic E-state index is 12.2. The Morgan fingerprint density at radius 3 is 2.82 bits per heavy atom. The van der Waals surface area contributed by atoms with Gasteiger partial charge in [-0.1, -0.05) is 6.07 Å². The number of aryl methyl sites for hydroxylation is 1. The summed E-state index contributed by atoms with van der Waals surface area (Å²) in [6.07, 6.45) is 1.59. The quantitative estimate of drug-likeness (QED) is 0.844. The number of ether oxygens (including phenoxy) is 1. The molecule has 0 fully saturated rings. The van der Waals surface area contributed by atoms with Gasteiger partial charge in [0.25, 0.3) is 5.91 Å². The van der Waals surface area contributed by atoms with Gasteiger partial charge >= 0.3 is 0 Å². The van der Waals surface area contributed by atoms with Gasteiger partial charge in [0.15, 0.2) is 0 Å². The van der Waals surface area contributed by atoms with Crippen molar-refractivity contribution in [3.8, 4) is 5.88 Å². The summed E-state index contributed by atoms with van der Waals surface area (Å²) in [6.45, 7) is 1.88. The van der Waals surface area contributed by atoms with E-state index in [-0.39, 0.29) is 16.7 Å². The van der Waals surface area contributed by atoms with Crippen molar-refractivity contribution in [1.29, 1.82) is 0 Å². The SMILES string of the molecule is COc1ncccc1CNC(=O)c1sc(S(N)(=O)=O)cc1C. The van der Waals surface area contributed by atoms with Crippen LogP contribution in [-0.2, 0) is 16.6 Å². The zero-order valence-electron chi connectivity index (χ0n) is 12.0. The summed E-state index contributed by atoms with van der Waals surface area (Å²) in [7, 11) is -2.31. The largest absolute Gasteiger partial charge is 0.481 e. The first-order chi connectivity index (χ1) is 10.3. The van der Waals surface area contributed by atoms with Gasteiger partial charge in [0.05, 0.1) is 12.0 Å². The van der Waals surface area contributed by atoms with E-state index in [2.05, 4.69) is 10.3 Å². The summed E-state index contributed by atoms with van der Waals surface area (Å²) in [6, 6.07) is 4.90. The molecule has 0 saturated heterocycles. The molecule has 0 spiro atoms. The van der Waals surface area contributed by atoms with Gasteiger partial charge < -0.3 is 10.1 Å². The van der Waals surface area contributed by atoms with E-state index in [4.69, 9.17) is 9.88 Å². The van der Waals surface area contributed by atoms with Crippen LogP contribution in [0.1, 0.15) is 20.8 Å². The van der Waals surface area contributed by atoms with Gasteiger partial charge in [-0.05, 0) is 24.6 Å². The Bertz CT molecular complexity index is 799. The van der Waals surface area contributed by atoms with Gasteiger partial charge in [-0.15, -0.1) is 11.3 Å². The van der Waals surface area contributed by atoms with Crippen molar-refractivity contribution in [2.24, 2.45) is 5.14 Å².